The number of hydrogen-bond acceptors (Lipinski definition) is 0. The number of allylic oxidation sites excluding steroid dienone is 6. The van der Waals surface area contributed by atoms with Gasteiger partial charge < -0.3 is 0 Å². The van der Waals surface area contributed by atoms with Crippen molar-refractivity contribution in [2.45, 2.75) is 91.9 Å². The normalized spacial score (nSPS) is 13.1. The van der Waals surface area contributed by atoms with Gasteiger partial charge in [-0.3, -0.25) is 0 Å². The summed E-state index contributed by atoms with van der Waals surface area (Å²) < 4.78 is 0. The van der Waals surface area contributed by atoms with Gasteiger partial charge in [-0.05, 0) is 50.4 Å². The molecule has 0 aliphatic rings. The summed E-state index contributed by atoms with van der Waals surface area (Å²) in [6.45, 7) is 9.23. The minimum absolute atomic E-state index is 0.497. The van der Waals surface area contributed by atoms with Crippen LogP contribution in [0.15, 0.2) is 36.5 Å². The lowest BCUT2D eigenvalue weighted by atomic mass is 9.89. The maximum atomic E-state index is 2.34. The molecule has 0 aliphatic carbocycles. The van der Waals surface area contributed by atoms with Gasteiger partial charge in [0.05, 0.1) is 0 Å². The quantitative estimate of drug-likeness (QED) is 0.256. The average molecular weight is 291 g/mol. The number of hydrogen-bond donors (Lipinski definition) is 0. The lowest BCUT2D eigenvalue weighted by Gasteiger charge is -2.16. The van der Waals surface area contributed by atoms with Crippen molar-refractivity contribution in [3.8, 4) is 0 Å². The van der Waals surface area contributed by atoms with E-state index in [1.165, 1.54) is 51.4 Å². The smallest absolute Gasteiger partial charge is 0.0169 e. The molecule has 0 rings (SSSR count). The fourth-order valence-corrected chi connectivity index (χ4v) is 2.21. The highest BCUT2D eigenvalue weighted by Gasteiger charge is 2.08. The van der Waals surface area contributed by atoms with Crippen molar-refractivity contribution in [2.75, 3.05) is 0 Å². The second-order valence-corrected chi connectivity index (χ2v) is 7.19. The molecular weight excluding hydrogens is 252 g/mol. The van der Waals surface area contributed by atoms with E-state index in [9.17, 15) is 0 Å². The third kappa shape index (κ3) is 19.2. The molecule has 21 heavy (non-hydrogen) atoms. The largest absolute Gasteiger partial charge is 0.0882 e. The monoisotopic (exact) mass is 290 g/mol. The van der Waals surface area contributed by atoms with Crippen LogP contribution in [0.1, 0.15) is 91.9 Å². The fraction of sp³-hybridized carbons (Fsp3) is 0.714. The molecule has 0 nitrogen and oxygen atoms in total. The van der Waals surface area contributed by atoms with Gasteiger partial charge in [0.1, 0.15) is 0 Å². The molecule has 0 heterocycles. The van der Waals surface area contributed by atoms with Crippen LogP contribution in [0, 0.1) is 5.41 Å². The average Bonchev–Trinajstić information content (AvgIpc) is 2.42. The van der Waals surface area contributed by atoms with E-state index in [1.54, 1.807) is 0 Å². The van der Waals surface area contributed by atoms with Crippen LogP contribution in [0.25, 0.3) is 0 Å². The van der Waals surface area contributed by atoms with Crippen molar-refractivity contribution in [3.63, 3.8) is 0 Å². The van der Waals surface area contributed by atoms with Crippen LogP contribution in [0.4, 0.5) is 0 Å². The summed E-state index contributed by atoms with van der Waals surface area (Å²) in [4.78, 5) is 0. The molecule has 0 fully saturated rings. The highest BCUT2D eigenvalue weighted by molar-refractivity contribution is 4.97. The summed E-state index contributed by atoms with van der Waals surface area (Å²) in [5.41, 5.74) is 0.497. The fourth-order valence-electron chi connectivity index (χ4n) is 2.21. The predicted molar refractivity (Wildman–Crippen MR) is 98.7 cm³/mol. The van der Waals surface area contributed by atoms with Gasteiger partial charge >= 0.3 is 0 Å². The first-order chi connectivity index (χ1) is 10.1. The van der Waals surface area contributed by atoms with Crippen LogP contribution in [0.2, 0.25) is 0 Å². The summed E-state index contributed by atoms with van der Waals surface area (Å²) >= 11 is 0. The Morgan fingerprint density at radius 3 is 1.57 bits per heavy atom. The van der Waals surface area contributed by atoms with E-state index < -0.39 is 0 Å². The first-order valence-corrected chi connectivity index (χ1v) is 9.01. The van der Waals surface area contributed by atoms with Crippen LogP contribution in [-0.4, -0.2) is 0 Å². The summed E-state index contributed by atoms with van der Waals surface area (Å²) in [5.74, 6) is 0. The Morgan fingerprint density at radius 2 is 1.10 bits per heavy atom. The number of rotatable bonds is 12. The van der Waals surface area contributed by atoms with Gasteiger partial charge in [-0.25, -0.2) is 0 Å². The Hall–Kier alpha value is -0.780. The number of unbranched alkanes of at least 4 members (excludes halogenated alkanes) is 5. The van der Waals surface area contributed by atoms with Gasteiger partial charge in [-0.1, -0.05) is 83.4 Å². The molecule has 0 aromatic heterocycles. The minimum atomic E-state index is 0.497. The summed E-state index contributed by atoms with van der Waals surface area (Å²) in [7, 11) is 0. The van der Waals surface area contributed by atoms with Crippen LogP contribution in [-0.2, 0) is 0 Å². The molecular formula is C21H38. The Balaban J connectivity index is 3.36. The maximum absolute atomic E-state index is 2.34. The topological polar surface area (TPSA) is 0 Å². The summed E-state index contributed by atoms with van der Waals surface area (Å²) in [5, 5.41) is 0. The second-order valence-electron chi connectivity index (χ2n) is 7.19. The van der Waals surface area contributed by atoms with E-state index in [4.69, 9.17) is 0 Å². The van der Waals surface area contributed by atoms with E-state index in [0.717, 1.165) is 12.8 Å². The van der Waals surface area contributed by atoms with Crippen molar-refractivity contribution in [2.24, 2.45) is 5.41 Å². The molecule has 0 spiro atoms. The molecule has 0 aromatic rings. The lowest BCUT2D eigenvalue weighted by molar-refractivity contribution is 0.361. The Bertz CT molecular complexity index is 286. The highest BCUT2D eigenvalue weighted by Crippen LogP contribution is 2.21. The zero-order chi connectivity index (χ0) is 15.8. The third-order valence-electron chi connectivity index (χ3n) is 3.57. The molecule has 0 unspecified atom stereocenters. The van der Waals surface area contributed by atoms with Crippen molar-refractivity contribution >= 4 is 0 Å². The van der Waals surface area contributed by atoms with Gasteiger partial charge in [-0.2, -0.15) is 0 Å². The molecule has 0 saturated carbocycles. The standard InChI is InChI=1S/C21H38/c1-5-6-7-8-9-10-11-12-13-14-15-16-17-18-19-20-21(2,3)4/h9-10,12-13,15-16H,5-8,11,14,17-20H2,1-4H3/b10-9-,13-12-,16-15-. The molecule has 0 aliphatic heterocycles. The summed E-state index contributed by atoms with van der Waals surface area (Å²) in [6.07, 6.45) is 26.5. The van der Waals surface area contributed by atoms with Gasteiger partial charge in [0.15, 0.2) is 0 Å². The molecule has 0 aromatic carbocycles. The molecule has 0 N–H and O–H groups in total. The van der Waals surface area contributed by atoms with E-state index in [0.29, 0.717) is 5.41 Å². The maximum Gasteiger partial charge on any atom is -0.0169 e. The predicted octanol–water partition coefficient (Wildman–Crippen LogP) is 7.62. The third-order valence-corrected chi connectivity index (χ3v) is 3.57. The zero-order valence-electron chi connectivity index (χ0n) is 15.0. The molecule has 0 atom stereocenters. The Kier molecular flexibility index (Phi) is 13.6. The molecule has 0 heteroatoms. The lowest BCUT2D eigenvalue weighted by Crippen LogP contribution is -2.03. The van der Waals surface area contributed by atoms with E-state index in [-0.39, 0.29) is 0 Å². The van der Waals surface area contributed by atoms with Crippen molar-refractivity contribution in [1.82, 2.24) is 0 Å². The van der Waals surface area contributed by atoms with Gasteiger partial charge in [0, 0.05) is 0 Å². The molecule has 0 saturated heterocycles. The van der Waals surface area contributed by atoms with Crippen molar-refractivity contribution in [1.29, 1.82) is 0 Å². The van der Waals surface area contributed by atoms with Crippen molar-refractivity contribution in [3.05, 3.63) is 36.5 Å². The molecule has 0 amide bonds. The Morgan fingerprint density at radius 1 is 0.619 bits per heavy atom. The molecule has 0 radical (unpaired) electrons. The van der Waals surface area contributed by atoms with E-state index >= 15 is 0 Å². The molecule has 122 valence electrons. The SMILES string of the molecule is CCCCC/C=C\C/C=C\C/C=C\CCCCC(C)(C)C. The Labute approximate surface area is 134 Å². The minimum Gasteiger partial charge on any atom is -0.0882 e. The first kappa shape index (κ1) is 20.2. The summed E-state index contributed by atoms with van der Waals surface area (Å²) in [6, 6.07) is 0. The first-order valence-electron chi connectivity index (χ1n) is 9.01. The van der Waals surface area contributed by atoms with Crippen LogP contribution >= 0.6 is 0 Å². The van der Waals surface area contributed by atoms with Gasteiger partial charge in [0.2, 0.25) is 0 Å². The van der Waals surface area contributed by atoms with E-state index in [2.05, 4.69) is 64.2 Å². The van der Waals surface area contributed by atoms with Crippen LogP contribution in [0.3, 0.4) is 0 Å². The van der Waals surface area contributed by atoms with Crippen LogP contribution in [0.5, 0.6) is 0 Å². The zero-order valence-corrected chi connectivity index (χ0v) is 15.0. The second kappa shape index (κ2) is 14.2. The van der Waals surface area contributed by atoms with Crippen molar-refractivity contribution < 1.29 is 0 Å². The molecule has 0 bridgehead atoms. The van der Waals surface area contributed by atoms with Crippen LogP contribution < -0.4 is 0 Å². The van der Waals surface area contributed by atoms with E-state index in [1.807, 2.05) is 0 Å². The van der Waals surface area contributed by atoms with Gasteiger partial charge in [0.25, 0.3) is 0 Å². The highest BCUT2D eigenvalue weighted by atomic mass is 14.1. The van der Waals surface area contributed by atoms with Gasteiger partial charge in [-0.15, -0.1) is 0 Å².